The molecule has 0 radical (unpaired) electrons. The maximum absolute atomic E-state index is 11.2. The number of nitrogens with one attached hydrogen (secondary N) is 2. The van der Waals surface area contributed by atoms with Gasteiger partial charge in [-0.15, -0.1) is 0 Å². The van der Waals surface area contributed by atoms with Crippen LogP contribution in [0.25, 0.3) is 4.96 Å². The van der Waals surface area contributed by atoms with Crippen molar-refractivity contribution in [2.45, 2.75) is 0 Å². The fraction of sp³-hybridized carbons (Fsp3) is 0.0833. The molecule has 0 amide bonds. The van der Waals surface area contributed by atoms with Gasteiger partial charge in [0.1, 0.15) is 6.20 Å². The minimum absolute atomic E-state index is 0.130. The van der Waals surface area contributed by atoms with Gasteiger partial charge in [0.15, 0.2) is 0 Å². The second-order valence-corrected chi connectivity index (χ2v) is 7.29. The number of fused-ring (bicyclic) bond motifs is 1. The van der Waals surface area contributed by atoms with Gasteiger partial charge in [-0.3, -0.25) is 4.72 Å². The van der Waals surface area contributed by atoms with E-state index in [4.69, 9.17) is 0 Å². The summed E-state index contributed by atoms with van der Waals surface area (Å²) in [4.78, 5) is 15.4. The van der Waals surface area contributed by atoms with Crippen LogP contribution in [0.3, 0.4) is 0 Å². The van der Waals surface area contributed by atoms with Crippen LogP contribution in [-0.2, 0) is 10.0 Å². The van der Waals surface area contributed by atoms with Crippen LogP contribution < -0.4 is 10.0 Å². The van der Waals surface area contributed by atoms with Crippen molar-refractivity contribution in [2.24, 2.45) is 0 Å². The van der Waals surface area contributed by atoms with E-state index in [9.17, 15) is 18.5 Å². The Morgan fingerprint density at radius 3 is 2.52 bits per heavy atom. The van der Waals surface area contributed by atoms with Gasteiger partial charge in [-0.2, -0.15) is 9.38 Å². The summed E-state index contributed by atoms with van der Waals surface area (Å²) in [5.41, 5.74) is 0.955. The van der Waals surface area contributed by atoms with Crippen molar-refractivity contribution < 1.29 is 13.3 Å². The summed E-state index contributed by atoms with van der Waals surface area (Å²) in [5, 5.41) is 15.8. The second kappa shape index (κ2) is 5.52. The molecule has 11 heteroatoms. The van der Waals surface area contributed by atoms with E-state index in [1.807, 2.05) is 0 Å². The third-order valence-electron chi connectivity index (χ3n) is 2.86. The minimum Gasteiger partial charge on any atom is -0.358 e. The molecule has 3 rings (SSSR count). The molecule has 2 N–H and O–H groups in total. The number of rotatable bonds is 5. The van der Waals surface area contributed by atoms with Crippen LogP contribution in [0.5, 0.6) is 0 Å². The third kappa shape index (κ3) is 3.24. The van der Waals surface area contributed by atoms with Gasteiger partial charge in [-0.1, -0.05) is 11.3 Å². The predicted molar refractivity (Wildman–Crippen MR) is 87.9 cm³/mol. The zero-order valence-electron chi connectivity index (χ0n) is 11.8. The molecule has 3 aromatic rings. The quantitative estimate of drug-likeness (QED) is 0.537. The van der Waals surface area contributed by atoms with E-state index < -0.39 is 14.9 Å². The molecular formula is C12H11N5O4S2. The van der Waals surface area contributed by atoms with E-state index in [1.165, 1.54) is 15.7 Å². The third-order valence-corrected chi connectivity index (χ3v) is 4.22. The smallest absolute Gasteiger partial charge is 0.358 e. The molecule has 0 saturated heterocycles. The fourth-order valence-electron chi connectivity index (χ4n) is 2.00. The topological polar surface area (TPSA) is 119 Å². The normalized spacial score (nSPS) is 11.5. The summed E-state index contributed by atoms with van der Waals surface area (Å²) in [7, 11) is -3.35. The lowest BCUT2D eigenvalue weighted by Gasteiger charge is -2.06. The van der Waals surface area contributed by atoms with Crippen LogP contribution in [0.15, 0.2) is 35.8 Å². The maximum Gasteiger partial charge on any atom is 0.373 e. The zero-order valence-corrected chi connectivity index (χ0v) is 13.4. The minimum atomic E-state index is -3.35. The Balaban J connectivity index is 1.89. The first kappa shape index (κ1) is 15.2. The monoisotopic (exact) mass is 353 g/mol. The number of nitrogens with zero attached hydrogens (tertiary/aromatic N) is 3. The Bertz CT molecular complexity index is 975. The van der Waals surface area contributed by atoms with Crippen LogP contribution in [0.2, 0.25) is 0 Å². The molecule has 0 aliphatic heterocycles. The highest BCUT2D eigenvalue weighted by atomic mass is 32.2. The number of hydrogen-bond acceptors (Lipinski definition) is 7. The van der Waals surface area contributed by atoms with Gasteiger partial charge in [0.05, 0.1) is 6.26 Å². The van der Waals surface area contributed by atoms with Crippen molar-refractivity contribution in [2.75, 3.05) is 16.3 Å². The molecule has 1 aromatic carbocycles. The second-order valence-electron chi connectivity index (χ2n) is 4.67. The van der Waals surface area contributed by atoms with E-state index in [2.05, 4.69) is 15.0 Å². The molecule has 0 unspecified atom stereocenters. The predicted octanol–water partition coefficient (Wildman–Crippen LogP) is 2.42. The van der Waals surface area contributed by atoms with E-state index in [1.54, 1.807) is 35.8 Å². The molecule has 0 spiro atoms. The van der Waals surface area contributed by atoms with Crippen LogP contribution in [0, 0.1) is 10.1 Å². The Kier molecular flexibility index (Phi) is 3.66. The Morgan fingerprint density at radius 2 is 1.91 bits per heavy atom. The molecule has 2 aromatic heterocycles. The Hall–Kier alpha value is -2.66. The lowest BCUT2D eigenvalue weighted by Crippen LogP contribution is -2.09. The van der Waals surface area contributed by atoms with Gasteiger partial charge in [-0.25, -0.2) is 8.42 Å². The molecule has 9 nitrogen and oxygen atoms in total. The van der Waals surface area contributed by atoms with Crippen molar-refractivity contribution in [3.63, 3.8) is 0 Å². The number of hydrogen-bond donors (Lipinski definition) is 2. The van der Waals surface area contributed by atoms with Crippen molar-refractivity contribution in [1.29, 1.82) is 0 Å². The van der Waals surface area contributed by atoms with Crippen LogP contribution in [0.1, 0.15) is 0 Å². The first-order valence-corrected chi connectivity index (χ1v) is 9.05. The zero-order chi connectivity index (χ0) is 16.6. The SMILES string of the molecule is CS(=O)(=O)Nc1ccc(Nc2nc3sccn3c2[N+](=O)[O-])cc1. The number of imidazole rings is 1. The molecular weight excluding hydrogens is 342 g/mol. The lowest BCUT2D eigenvalue weighted by molar-refractivity contribution is -0.389. The van der Waals surface area contributed by atoms with E-state index in [-0.39, 0.29) is 11.6 Å². The van der Waals surface area contributed by atoms with Crippen LogP contribution in [-0.4, -0.2) is 29.0 Å². The number of thiazole rings is 1. The maximum atomic E-state index is 11.2. The first-order valence-electron chi connectivity index (χ1n) is 6.28. The van der Waals surface area contributed by atoms with Crippen molar-refractivity contribution in [3.8, 4) is 0 Å². The number of aromatic nitrogens is 2. The highest BCUT2D eigenvalue weighted by molar-refractivity contribution is 7.92. The van der Waals surface area contributed by atoms with Crippen LogP contribution >= 0.6 is 11.3 Å². The summed E-state index contributed by atoms with van der Waals surface area (Å²) in [6.07, 6.45) is 2.63. The average molecular weight is 353 g/mol. The molecule has 0 bridgehead atoms. The van der Waals surface area contributed by atoms with Crippen molar-refractivity contribution in [1.82, 2.24) is 9.38 Å². The van der Waals surface area contributed by atoms with Gasteiger partial charge in [0.2, 0.25) is 15.8 Å². The van der Waals surface area contributed by atoms with Gasteiger partial charge >= 0.3 is 5.82 Å². The summed E-state index contributed by atoms with van der Waals surface area (Å²) in [6.45, 7) is 0. The summed E-state index contributed by atoms with van der Waals surface area (Å²) in [6, 6.07) is 6.30. The van der Waals surface area contributed by atoms with Gasteiger partial charge < -0.3 is 15.4 Å². The van der Waals surface area contributed by atoms with E-state index in [0.717, 1.165) is 6.26 Å². The average Bonchev–Trinajstić information content (AvgIpc) is 2.99. The molecule has 23 heavy (non-hydrogen) atoms. The van der Waals surface area contributed by atoms with Gasteiger partial charge in [0, 0.05) is 16.8 Å². The summed E-state index contributed by atoms with van der Waals surface area (Å²) in [5.74, 6) is -0.0229. The Morgan fingerprint density at radius 1 is 1.26 bits per heavy atom. The van der Waals surface area contributed by atoms with Gasteiger partial charge in [-0.05, 0) is 29.2 Å². The van der Waals surface area contributed by atoms with Crippen molar-refractivity contribution >= 4 is 49.3 Å². The lowest BCUT2D eigenvalue weighted by atomic mass is 10.3. The van der Waals surface area contributed by atoms with E-state index in [0.29, 0.717) is 16.3 Å². The molecule has 0 atom stereocenters. The highest BCUT2D eigenvalue weighted by Crippen LogP contribution is 2.30. The molecule has 120 valence electrons. The van der Waals surface area contributed by atoms with Gasteiger partial charge in [0.25, 0.3) is 4.96 Å². The number of anilines is 3. The standard InChI is InChI=1S/C12H11N5O4S2/c1-23(20,21)15-9-4-2-8(3-5-9)13-10-11(17(18)19)16-6-7-22-12(16)14-10/h2-7,13,15H,1H3. The molecule has 2 heterocycles. The molecule has 0 fully saturated rings. The largest absolute Gasteiger partial charge is 0.373 e. The summed E-state index contributed by atoms with van der Waals surface area (Å²) >= 11 is 1.29. The number of benzene rings is 1. The molecule has 0 aliphatic carbocycles. The fourth-order valence-corrected chi connectivity index (χ4v) is 3.28. The molecule has 0 saturated carbocycles. The Labute approximate surface area is 134 Å². The highest BCUT2D eigenvalue weighted by Gasteiger charge is 2.23. The first-order chi connectivity index (χ1) is 10.8. The van der Waals surface area contributed by atoms with Crippen LogP contribution in [0.4, 0.5) is 23.0 Å². The molecule has 0 aliphatic rings. The number of nitro groups is 1. The summed E-state index contributed by atoms with van der Waals surface area (Å²) < 4.78 is 26.0. The van der Waals surface area contributed by atoms with Crippen molar-refractivity contribution in [3.05, 3.63) is 46.0 Å². The number of sulfonamides is 1. The van der Waals surface area contributed by atoms with E-state index >= 15 is 0 Å².